The SMILES string of the molecule is COc1ccc(C(=O)NC(=O)COC(=O)Cc2ccc(Br)cc2)cc1. The van der Waals surface area contributed by atoms with Crippen LogP contribution in [0, 0.1) is 0 Å². The lowest BCUT2D eigenvalue weighted by Crippen LogP contribution is -2.34. The summed E-state index contributed by atoms with van der Waals surface area (Å²) in [5.41, 5.74) is 1.07. The first-order valence-electron chi connectivity index (χ1n) is 7.36. The third-order valence-electron chi connectivity index (χ3n) is 3.23. The number of nitrogens with one attached hydrogen (secondary N) is 1. The van der Waals surface area contributed by atoms with Gasteiger partial charge < -0.3 is 9.47 Å². The highest BCUT2D eigenvalue weighted by Crippen LogP contribution is 2.12. The van der Waals surface area contributed by atoms with E-state index in [0.717, 1.165) is 10.0 Å². The second kappa shape index (κ2) is 8.98. The van der Waals surface area contributed by atoms with Crippen molar-refractivity contribution in [2.75, 3.05) is 13.7 Å². The summed E-state index contributed by atoms with van der Waals surface area (Å²) in [5.74, 6) is -1.21. The van der Waals surface area contributed by atoms with Crippen molar-refractivity contribution in [3.05, 3.63) is 64.1 Å². The fourth-order valence-electron chi connectivity index (χ4n) is 1.94. The van der Waals surface area contributed by atoms with Gasteiger partial charge in [0.2, 0.25) is 0 Å². The number of ether oxygens (including phenoxy) is 2. The molecule has 7 heteroatoms. The minimum Gasteiger partial charge on any atom is -0.497 e. The molecule has 6 nitrogen and oxygen atoms in total. The van der Waals surface area contributed by atoms with E-state index in [2.05, 4.69) is 21.2 Å². The highest BCUT2D eigenvalue weighted by Gasteiger charge is 2.13. The number of amides is 2. The third kappa shape index (κ3) is 6.04. The van der Waals surface area contributed by atoms with Crippen LogP contribution in [0.25, 0.3) is 0 Å². The Morgan fingerprint density at radius 3 is 2.24 bits per heavy atom. The summed E-state index contributed by atoms with van der Waals surface area (Å²) in [6.45, 7) is -0.517. The highest BCUT2D eigenvalue weighted by molar-refractivity contribution is 9.10. The van der Waals surface area contributed by atoms with Crippen LogP contribution in [0.3, 0.4) is 0 Å². The van der Waals surface area contributed by atoms with Gasteiger partial charge in [0, 0.05) is 10.0 Å². The van der Waals surface area contributed by atoms with Crippen molar-refractivity contribution in [3.63, 3.8) is 0 Å². The summed E-state index contributed by atoms with van der Waals surface area (Å²) >= 11 is 3.30. The molecular formula is C18H16BrNO5. The molecule has 2 aromatic rings. The zero-order chi connectivity index (χ0) is 18.2. The molecule has 0 aromatic heterocycles. The molecule has 0 spiro atoms. The van der Waals surface area contributed by atoms with Gasteiger partial charge in [-0.05, 0) is 42.0 Å². The lowest BCUT2D eigenvalue weighted by molar-refractivity contribution is -0.147. The van der Waals surface area contributed by atoms with Gasteiger partial charge >= 0.3 is 5.97 Å². The maximum Gasteiger partial charge on any atom is 0.310 e. The Hall–Kier alpha value is -2.67. The molecule has 0 radical (unpaired) electrons. The van der Waals surface area contributed by atoms with E-state index < -0.39 is 24.4 Å². The van der Waals surface area contributed by atoms with Gasteiger partial charge in [-0.1, -0.05) is 28.1 Å². The lowest BCUT2D eigenvalue weighted by atomic mass is 10.2. The Bertz CT molecular complexity index is 756. The van der Waals surface area contributed by atoms with Gasteiger partial charge in [-0.15, -0.1) is 0 Å². The summed E-state index contributed by atoms with van der Waals surface area (Å²) in [7, 11) is 1.52. The van der Waals surface area contributed by atoms with E-state index in [1.165, 1.54) is 19.2 Å². The van der Waals surface area contributed by atoms with Crippen LogP contribution >= 0.6 is 15.9 Å². The summed E-state index contributed by atoms with van der Waals surface area (Å²) in [4.78, 5) is 35.3. The smallest absolute Gasteiger partial charge is 0.310 e. The van der Waals surface area contributed by atoms with Gasteiger partial charge in [0.05, 0.1) is 13.5 Å². The van der Waals surface area contributed by atoms with Crippen LogP contribution in [0.4, 0.5) is 0 Å². The first kappa shape index (κ1) is 18.7. The first-order valence-corrected chi connectivity index (χ1v) is 8.15. The largest absolute Gasteiger partial charge is 0.497 e. The number of hydrogen-bond acceptors (Lipinski definition) is 5. The first-order chi connectivity index (χ1) is 12.0. The van der Waals surface area contributed by atoms with Gasteiger partial charge in [0.25, 0.3) is 11.8 Å². The minimum absolute atomic E-state index is 0.0486. The average molecular weight is 406 g/mol. The number of esters is 1. The maximum atomic E-state index is 11.9. The minimum atomic E-state index is -0.690. The van der Waals surface area contributed by atoms with Crippen LogP contribution in [0.5, 0.6) is 5.75 Å². The lowest BCUT2D eigenvalue weighted by Gasteiger charge is -2.07. The molecule has 0 saturated carbocycles. The normalized spacial score (nSPS) is 10.0. The molecule has 2 rings (SSSR count). The Kier molecular flexibility index (Phi) is 6.71. The van der Waals surface area contributed by atoms with Crippen LogP contribution in [-0.2, 0) is 20.7 Å². The van der Waals surface area contributed by atoms with Gasteiger partial charge in [-0.3, -0.25) is 19.7 Å². The van der Waals surface area contributed by atoms with Crippen LogP contribution in [0.1, 0.15) is 15.9 Å². The summed E-state index contributed by atoms with van der Waals surface area (Å²) in [5, 5.41) is 2.16. The number of methoxy groups -OCH3 is 1. The molecule has 0 saturated heterocycles. The van der Waals surface area contributed by atoms with Crippen molar-refractivity contribution in [2.45, 2.75) is 6.42 Å². The van der Waals surface area contributed by atoms with Crippen molar-refractivity contribution >= 4 is 33.7 Å². The molecule has 130 valence electrons. The number of carbonyl (C=O) groups excluding carboxylic acids is 3. The fraction of sp³-hybridized carbons (Fsp3) is 0.167. The van der Waals surface area contributed by atoms with Gasteiger partial charge in [0.15, 0.2) is 6.61 Å². The number of imide groups is 1. The zero-order valence-corrected chi connectivity index (χ0v) is 15.0. The zero-order valence-electron chi connectivity index (χ0n) is 13.5. The topological polar surface area (TPSA) is 81.7 Å². The number of benzene rings is 2. The van der Waals surface area contributed by atoms with E-state index in [9.17, 15) is 14.4 Å². The van der Waals surface area contributed by atoms with Crippen molar-refractivity contribution in [1.29, 1.82) is 0 Å². The molecule has 25 heavy (non-hydrogen) atoms. The van der Waals surface area contributed by atoms with E-state index in [4.69, 9.17) is 9.47 Å². The third-order valence-corrected chi connectivity index (χ3v) is 3.76. The Labute approximate surface area is 153 Å². The summed E-state index contributed by atoms with van der Waals surface area (Å²) < 4.78 is 10.8. The molecule has 0 atom stereocenters. The molecule has 1 N–H and O–H groups in total. The molecule has 2 aromatic carbocycles. The number of carbonyl (C=O) groups is 3. The summed E-state index contributed by atoms with van der Waals surface area (Å²) in [6, 6.07) is 13.4. The van der Waals surface area contributed by atoms with Crippen LogP contribution in [0.15, 0.2) is 53.0 Å². The monoisotopic (exact) mass is 405 g/mol. The predicted molar refractivity (Wildman–Crippen MR) is 94.3 cm³/mol. The predicted octanol–water partition coefficient (Wildman–Crippen LogP) is 2.50. The van der Waals surface area contributed by atoms with E-state index in [1.54, 1.807) is 24.3 Å². The van der Waals surface area contributed by atoms with Crippen LogP contribution < -0.4 is 10.1 Å². The van der Waals surface area contributed by atoms with Crippen molar-refractivity contribution in [3.8, 4) is 5.75 Å². The van der Waals surface area contributed by atoms with E-state index in [-0.39, 0.29) is 6.42 Å². The molecule has 0 heterocycles. The van der Waals surface area contributed by atoms with Gasteiger partial charge in [0.1, 0.15) is 5.75 Å². The number of rotatable bonds is 6. The number of hydrogen-bond donors (Lipinski definition) is 1. The molecule has 0 aliphatic heterocycles. The average Bonchev–Trinajstić information content (AvgIpc) is 2.62. The van der Waals surface area contributed by atoms with Crippen molar-refractivity contribution in [2.24, 2.45) is 0 Å². The highest BCUT2D eigenvalue weighted by atomic mass is 79.9. The summed E-state index contributed by atoms with van der Waals surface area (Å²) in [6.07, 6.45) is 0.0486. The molecule has 2 amide bonds. The molecule has 0 aliphatic carbocycles. The second-order valence-electron chi connectivity index (χ2n) is 5.07. The molecular weight excluding hydrogens is 390 g/mol. The van der Waals surface area contributed by atoms with E-state index in [0.29, 0.717) is 11.3 Å². The van der Waals surface area contributed by atoms with E-state index >= 15 is 0 Å². The maximum absolute atomic E-state index is 11.9. The second-order valence-corrected chi connectivity index (χ2v) is 5.99. The van der Waals surface area contributed by atoms with Crippen LogP contribution in [-0.4, -0.2) is 31.5 Å². The molecule has 0 bridgehead atoms. The van der Waals surface area contributed by atoms with Crippen LogP contribution in [0.2, 0.25) is 0 Å². The Morgan fingerprint density at radius 2 is 1.64 bits per heavy atom. The number of halogens is 1. The molecule has 0 fully saturated rings. The fourth-order valence-corrected chi connectivity index (χ4v) is 2.21. The Morgan fingerprint density at radius 1 is 1.00 bits per heavy atom. The van der Waals surface area contributed by atoms with Gasteiger partial charge in [-0.2, -0.15) is 0 Å². The van der Waals surface area contributed by atoms with Crippen molar-refractivity contribution < 1.29 is 23.9 Å². The molecule has 0 aliphatic rings. The van der Waals surface area contributed by atoms with E-state index in [1.807, 2.05) is 12.1 Å². The standard InChI is InChI=1S/C18H16BrNO5/c1-24-15-8-4-13(5-9-15)18(23)20-16(21)11-25-17(22)10-12-2-6-14(19)7-3-12/h2-9H,10-11H2,1H3,(H,20,21,23). The molecule has 0 unspecified atom stereocenters. The Balaban J connectivity index is 1.78. The van der Waals surface area contributed by atoms with Crippen molar-refractivity contribution in [1.82, 2.24) is 5.32 Å². The quantitative estimate of drug-likeness (QED) is 0.746. The van der Waals surface area contributed by atoms with Gasteiger partial charge in [-0.25, -0.2) is 0 Å².